The number of carbonyl (C=O) groups is 2. The Morgan fingerprint density at radius 1 is 1.29 bits per heavy atom. The summed E-state index contributed by atoms with van der Waals surface area (Å²) in [6.07, 6.45) is 2.56. The van der Waals surface area contributed by atoms with Gasteiger partial charge in [-0.2, -0.15) is 0 Å². The van der Waals surface area contributed by atoms with E-state index in [1.165, 1.54) is 0 Å². The number of nitrogens with one attached hydrogen (secondary N) is 1. The van der Waals surface area contributed by atoms with Crippen molar-refractivity contribution in [1.82, 2.24) is 5.32 Å². The van der Waals surface area contributed by atoms with Crippen LogP contribution in [0.25, 0.3) is 0 Å². The minimum atomic E-state index is -0.761. The second kappa shape index (κ2) is 11.7. The van der Waals surface area contributed by atoms with E-state index in [-0.39, 0.29) is 12.3 Å². The summed E-state index contributed by atoms with van der Waals surface area (Å²) >= 11 is 1.54. The number of rotatable bonds is 11. The van der Waals surface area contributed by atoms with Gasteiger partial charge >= 0.3 is 5.97 Å². The Bertz CT molecular complexity index is 224. The SMILES string of the molecule is COCCSCC(=O)NCCCCCC(=O)O. The molecule has 0 aliphatic carbocycles. The molecule has 0 spiro atoms. The zero-order chi connectivity index (χ0) is 12.9. The highest BCUT2D eigenvalue weighted by Crippen LogP contribution is 2.00. The van der Waals surface area contributed by atoms with Gasteiger partial charge in [0.1, 0.15) is 0 Å². The van der Waals surface area contributed by atoms with Gasteiger partial charge in [0, 0.05) is 25.8 Å². The Kier molecular flexibility index (Phi) is 11.2. The van der Waals surface area contributed by atoms with Crippen LogP contribution in [0, 0.1) is 0 Å². The van der Waals surface area contributed by atoms with Gasteiger partial charge in [-0.1, -0.05) is 6.42 Å². The topological polar surface area (TPSA) is 75.6 Å². The molecule has 0 aromatic heterocycles. The van der Waals surface area contributed by atoms with Crippen LogP contribution in [-0.4, -0.2) is 48.8 Å². The fourth-order valence-corrected chi connectivity index (χ4v) is 1.88. The molecule has 0 heterocycles. The second-order valence-corrected chi connectivity index (χ2v) is 4.70. The van der Waals surface area contributed by atoms with E-state index in [2.05, 4.69) is 5.32 Å². The molecule has 5 nitrogen and oxygen atoms in total. The molecule has 0 atom stereocenters. The van der Waals surface area contributed by atoms with E-state index in [4.69, 9.17) is 9.84 Å². The molecule has 100 valence electrons. The third-order valence-electron chi connectivity index (χ3n) is 2.05. The molecule has 0 radical (unpaired) electrons. The number of carbonyl (C=O) groups excluding carboxylic acids is 1. The van der Waals surface area contributed by atoms with Crippen molar-refractivity contribution in [3.05, 3.63) is 0 Å². The van der Waals surface area contributed by atoms with Gasteiger partial charge in [-0.3, -0.25) is 9.59 Å². The molecule has 2 N–H and O–H groups in total. The van der Waals surface area contributed by atoms with Crippen molar-refractivity contribution in [1.29, 1.82) is 0 Å². The van der Waals surface area contributed by atoms with Crippen LogP contribution in [0.5, 0.6) is 0 Å². The average molecular weight is 263 g/mol. The van der Waals surface area contributed by atoms with Crippen molar-refractivity contribution < 1.29 is 19.4 Å². The summed E-state index contributed by atoms with van der Waals surface area (Å²) in [7, 11) is 1.64. The lowest BCUT2D eigenvalue weighted by molar-refractivity contribution is -0.137. The molecule has 0 aliphatic heterocycles. The maximum Gasteiger partial charge on any atom is 0.303 e. The second-order valence-electron chi connectivity index (χ2n) is 3.60. The molecule has 0 bridgehead atoms. The number of thioether (sulfide) groups is 1. The van der Waals surface area contributed by atoms with Gasteiger partial charge < -0.3 is 15.2 Å². The molecule has 0 aliphatic rings. The molecule has 0 saturated heterocycles. The van der Waals surface area contributed by atoms with Gasteiger partial charge in [0.05, 0.1) is 12.4 Å². The summed E-state index contributed by atoms with van der Waals surface area (Å²) in [5, 5.41) is 11.2. The minimum Gasteiger partial charge on any atom is -0.481 e. The van der Waals surface area contributed by atoms with Crippen molar-refractivity contribution in [2.45, 2.75) is 25.7 Å². The highest BCUT2D eigenvalue weighted by molar-refractivity contribution is 7.99. The lowest BCUT2D eigenvalue weighted by Crippen LogP contribution is -2.26. The number of carboxylic acid groups (broad SMARTS) is 1. The van der Waals surface area contributed by atoms with Crippen molar-refractivity contribution in [2.75, 3.05) is 31.8 Å². The number of methoxy groups -OCH3 is 1. The highest BCUT2D eigenvalue weighted by atomic mass is 32.2. The maximum absolute atomic E-state index is 11.3. The zero-order valence-electron chi connectivity index (χ0n) is 10.2. The average Bonchev–Trinajstić information content (AvgIpc) is 2.29. The van der Waals surface area contributed by atoms with Crippen LogP contribution in [0.1, 0.15) is 25.7 Å². The van der Waals surface area contributed by atoms with Crippen LogP contribution >= 0.6 is 11.8 Å². The molecule has 0 aromatic carbocycles. The fourth-order valence-electron chi connectivity index (χ4n) is 1.16. The summed E-state index contributed by atoms with van der Waals surface area (Å²) in [4.78, 5) is 21.5. The largest absolute Gasteiger partial charge is 0.481 e. The number of amides is 1. The van der Waals surface area contributed by atoms with Crippen LogP contribution < -0.4 is 5.32 Å². The van der Waals surface area contributed by atoms with Crippen molar-refractivity contribution in [3.63, 3.8) is 0 Å². The quantitative estimate of drug-likeness (QED) is 0.546. The summed E-state index contributed by atoms with van der Waals surface area (Å²) in [5.41, 5.74) is 0. The lowest BCUT2D eigenvalue weighted by atomic mass is 10.2. The molecule has 1 amide bonds. The lowest BCUT2D eigenvalue weighted by Gasteiger charge is -2.04. The molecule has 0 aromatic rings. The van der Waals surface area contributed by atoms with E-state index in [0.717, 1.165) is 18.6 Å². The highest BCUT2D eigenvalue weighted by Gasteiger charge is 2.01. The smallest absolute Gasteiger partial charge is 0.303 e. The van der Waals surface area contributed by atoms with Crippen LogP contribution in [0.2, 0.25) is 0 Å². The van der Waals surface area contributed by atoms with Crippen molar-refractivity contribution in [3.8, 4) is 0 Å². The molecular formula is C11H21NO4S. The van der Waals surface area contributed by atoms with Gasteiger partial charge in [0.25, 0.3) is 0 Å². The fraction of sp³-hybridized carbons (Fsp3) is 0.818. The number of hydrogen-bond acceptors (Lipinski definition) is 4. The Morgan fingerprint density at radius 2 is 2.06 bits per heavy atom. The normalized spacial score (nSPS) is 10.2. The number of unbranched alkanes of at least 4 members (excludes halogenated alkanes) is 2. The van der Waals surface area contributed by atoms with Crippen LogP contribution in [0.3, 0.4) is 0 Å². The van der Waals surface area contributed by atoms with Gasteiger partial charge in [-0.25, -0.2) is 0 Å². The first-order valence-electron chi connectivity index (χ1n) is 5.72. The van der Waals surface area contributed by atoms with E-state index in [9.17, 15) is 9.59 Å². The van der Waals surface area contributed by atoms with E-state index >= 15 is 0 Å². The van der Waals surface area contributed by atoms with E-state index in [1.54, 1.807) is 18.9 Å². The molecule has 0 fully saturated rings. The monoisotopic (exact) mass is 263 g/mol. The zero-order valence-corrected chi connectivity index (χ0v) is 11.1. The Balaban J connectivity index is 3.19. The molecule has 6 heteroatoms. The minimum absolute atomic E-state index is 0.0318. The molecular weight excluding hydrogens is 242 g/mol. The standard InChI is InChI=1S/C11H21NO4S/c1-16-7-8-17-9-10(13)12-6-4-2-3-5-11(14)15/h2-9H2,1H3,(H,12,13)(H,14,15). The predicted molar refractivity (Wildman–Crippen MR) is 68.3 cm³/mol. The van der Waals surface area contributed by atoms with Crippen LogP contribution in [-0.2, 0) is 14.3 Å². The molecule has 0 rings (SSSR count). The summed E-state index contributed by atoms with van der Waals surface area (Å²) < 4.78 is 4.87. The Morgan fingerprint density at radius 3 is 2.71 bits per heavy atom. The van der Waals surface area contributed by atoms with Gasteiger partial charge in [0.15, 0.2) is 0 Å². The van der Waals surface area contributed by atoms with Gasteiger partial charge in [-0.05, 0) is 12.8 Å². The number of hydrogen-bond donors (Lipinski definition) is 2. The van der Waals surface area contributed by atoms with E-state index < -0.39 is 5.97 Å². The molecule has 0 unspecified atom stereocenters. The van der Waals surface area contributed by atoms with Crippen LogP contribution in [0.4, 0.5) is 0 Å². The van der Waals surface area contributed by atoms with Crippen molar-refractivity contribution in [2.24, 2.45) is 0 Å². The Labute approximate surface area is 106 Å². The molecule has 17 heavy (non-hydrogen) atoms. The van der Waals surface area contributed by atoms with E-state index in [1.807, 2.05) is 0 Å². The van der Waals surface area contributed by atoms with Crippen molar-refractivity contribution >= 4 is 23.6 Å². The Hall–Kier alpha value is -0.750. The first-order chi connectivity index (χ1) is 8.16. The predicted octanol–water partition coefficient (Wildman–Crippen LogP) is 1.13. The van der Waals surface area contributed by atoms with Crippen LogP contribution in [0.15, 0.2) is 0 Å². The van der Waals surface area contributed by atoms with E-state index in [0.29, 0.717) is 25.3 Å². The van der Waals surface area contributed by atoms with Gasteiger partial charge in [0.2, 0.25) is 5.91 Å². The summed E-state index contributed by atoms with van der Waals surface area (Å²) in [5.74, 6) is 0.550. The first kappa shape index (κ1) is 16.2. The first-order valence-corrected chi connectivity index (χ1v) is 6.87. The number of carboxylic acids is 1. The third-order valence-corrected chi connectivity index (χ3v) is 2.98. The number of ether oxygens (including phenoxy) is 1. The summed E-state index contributed by atoms with van der Waals surface area (Å²) in [6.45, 7) is 1.29. The van der Waals surface area contributed by atoms with Gasteiger partial charge in [-0.15, -0.1) is 11.8 Å². The summed E-state index contributed by atoms with van der Waals surface area (Å²) in [6, 6.07) is 0. The third kappa shape index (κ3) is 13.2. The number of aliphatic carboxylic acids is 1. The maximum atomic E-state index is 11.3. The molecule has 0 saturated carbocycles.